The van der Waals surface area contributed by atoms with E-state index in [1.54, 1.807) is 14.2 Å². The molecule has 1 N–H and O–H groups in total. The number of carbonyl (C=O) groups is 2. The Labute approximate surface area is 153 Å². The highest BCUT2D eigenvalue weighted by molar-refractivity contribution is 5.88. The molecule has 6 heteroatoms. The van der Waals surface area contributed by atoms with E-state index in [2.05, 4.69) is 6.58 Å². The minimum absolute atomic E-state index is 0.112. The number of amides is 1. The van der Waals surface area contributed by atoms with Crippen molar-refractivity contribution >= 4 is 11.9 Å². The monoisotopic (exact) mass is 359 g/mol. The molecule has 3 rings (SSSR count). The highest BCUT2D eigenvalue weighted by atomic mass is 16.5. The largest absolute Gasteiger partial charge is 0.493 e. The fourth-order valence-electron chi connectivity index (χ4n) is 4.47. The summed E-state index contributed by atoms with van der Waals surface area (Å²) in [5.74, 6) is 0.0684. The first-order valence-corrected chi connectivity index (χ1v) is 8.89. The van der Waals surface area contributed by atoms with Gasteiger partial charge in [-0.15, -0.1) is 0 Å². The van der Waals surface area contributed by atoms with E-state index in [-0.39, 0.29) is 11.8 Å². The minimum Gasteiger partial charge on any atom is -0.493 e. The third kappa shape index (κ3) is 2.83. The summed E-state index contributed by atoms with van der Waals surface area (Å²) < 4.78 is 10.9. The number of hydrogen-bond donors (Lipinski definition) is 1. The maximum absolute atomic E-state index is 12.6. The lowest BCUT2D eigenvalue weighted by atomic mass is 9.68. The van der Waals surface area contributed by atoms with Gasteiger partial charge in [0.15, 0.2) is 11.5 Å². The third-order valence-electron chi connectivity index (χ3n) is 5.83. The number of methoxy groups -OCH3 is 2. The molecule has 140 valence electrons. The van der Waals surface area contributed by atoms with Crippen molar-refractivity contribution in [2.24, 2.45) is 5.92 Å². The van der Waals surface area contributed by atoms with E-state index >= 15 is 0 Å². The van der Waals surface area contributed by atoms with Crippen LogP contribution in [0.5, 0.6) is 11.5 Å². The van der Waals surface area contributed by atoms with Gasteiger partial charge in [-0.25, -0.2) is 0 Å². The van der Waals surface area contributed by atoms with E-state index in [1.807, 2.05) is 17.0 Å². The van der Waals surface area contributed by atoms with Gasteiger partial charge in [0.1, 0.15) is 0 Å². The van der Waals surface area contributed by atoms with Gasteiger partial charge < -0.3 is 19.5 Å². The lowest BCUT2D eigenvalue weighted by Crippen LogP contribution is -2.55. The number of benzene rings is 1. The molecule has 1 heterocycles. The lowest BCUT2D eigenvalue weighted by molar-refractivity contribution is -0.145. The van der Waals surface area contributed by atoms with Crippen molar-refractivity contribution in [1.82, 2.24) is 4.90 Å². The van der Waals surface area contributed by atoms with E-state index in [9.17, 15) is 14.7 Å². The lowest BCUT2D eigenvalue weighted by Gasteiger charge is -2.51. The Kier molecular flexibility index (Phi) is 4.94. The summed E-state index contributed by atoms with van der Waals surface area (Å²) in [6, 6.07) is 3.94. The molecule has 26 heavy (non-hydrogen) atoms. The Balaban J connectivity index is 2.10. The van der Waals surface area contributed by atoms with Crippen LogP contribution in [0.2, 0.25) is 0 Å². The summed E-state index contributed by atoms with van der Waals surface area (Å²) in [4.78, 5) is 25.8. The Bertz CT molecular complexity index is 734. The van der Waals surface area contributed by atoms with Crippen LogP contribution in [0.4, 0.5) is 0 Å². The zero-order valence-corrected chi connectivity index (χ0v) is 15.3. The average Bonchev–Trinajstić information content (AvgIpc) is 2.67. The first-order chi connectivity index (χ1) is 12.5. The summed E-state index contributed by atoms with van der Waals surface area (Å²) in [5.41, 5.74) is 1.66. The van der Waals surface area contributed by atoms with Gasteiger partial charge in [0.25, 0.3) is 0 Å². The van der Waals surface area contributed by atoms with Crippen LogP contribution in [0.25, 0.3) is 0 Å². The average molecular weight is 359 g/mol. The van der Waals surface area contributed by atoms with Crippen molar-refractivity contribution in [2.45, 2.75) is 37.6 Å². The van der Waals surface area contributed by atoms with E-state index in [0.29, 0.717) is 43.7 Å². The molecule has 2 aliphatic rings. The van der Waals surface area contributed by atoms with Crippen molar-refractivity contribution < 1.29 is 24.2 Å². The Morgan fingerprint density at radius 3 is 2.38 bits per heavy atom. The number of carboxylic acids is 1. The normalized spacial score (nSPS) is 24.7. The quantitative estimate of drug-likeness (QED) is 0.837. The second-order valence-electron chi connectivity index (χ2n) is 6.95. The molecule has 0 saturated heterocycles. The molecule has 0 atom stereocenters. The van der Waals surface area contributed by atoms with Crippen molar-refractivity contribution in [1.29, 1.82) is 0 Å². The molecule has 1 amide bonds. The van der Waals surface area contributed by atoms with Crippen LogP contribution in [-0.2, 0) is 21.5 Å². The summed E-state index contributed by atoms with van der Waals surface area (Å²) in [5, 5.41) is 9.36. The Morgan fingerprint density at radius 1 is 1.23 bits per heavy atom. The van der Waals surface area contributed by atoms with Crippen molar-refractivity contribution in [3.63, 3.8) is 0 Å². The molecule has 1 aliphatic heterocycles. The minimum atomic E-state index is -0.759. The van der Waals surface area contributed by atoms with Crippen LogP contribution in [-0.4, -0.2) is 42.6 Å². The molecule has 0 aromatic heterocycles. The molecule has 1 aliphatic carbocycles. The molecule has 1 saturated carbocycles. The first-order valence-electron chi connectivity index (χ1n) is 8.89. The highest BCUT2D eigenvalue weighted by Crippen LogP contribution is 2.50. The Morgan fingerprint density at radius 2 is 1.85 bits per heavy atom. The van der Waals surface area contributed by atoms with Gasteiger partial charge in [-0.1, -0.05) is 6.58 Å². The number of carboxylic acid groups (broad SMARTS) is 1. The van der Waals surface area contributed by atoms with E-state index in [1.165, 1.54) is 6.08 Å². The number of ether oxygens (including phenoxy) is 2. The van der Waals surface area contributed by atoms with Crippen LogP contribution in [0.15, 0.2) is 24.8 Å². The molecular formula is C20H25NO5. The number of hydrogen-bond acceptors (Lipinski definition) is 4. The molecule has 0 unspecified atom stereocenters. The zero-order valence-electron chi connectivity index (χ0n) is 15.3. The van der Waals surface area contributed by atoms with Gasteiger partial charge >= 0.3 is 5.97 Å². The Hall–Kier alpha value is -2.50. The van der Waals surface area contributed by atoms with Gasteiger partial charge in [0.2, 0.25) is 5.91 Å². The van der Waals surface area contributed by atoms with Gasteiger partial charge in [0.05, 0.1) is 25.7 Å². The molecular weight excluding hydrogens is 334 g/mol. The number of fused-ring (bicyclic) bond motifs is 2. The molecule has 1 spiro atoms. The molecule has 0 bridgehead atoms. The third-order valence-corrected chi connectivity index (χ3v) is 5.83. The van der Waals surface area contributed by atoms with Crippen LogP contribution in [0.1, 0.15) is 36.8 Å². The highest BCUT2D eigenvalue weighted by Gasteiger charge is 2.48. The van der Waals surface area contributed by atoms with E-state index < -0.39 is 11.5 Å². The van der Waals surface area contributed by atoms with Crippen LogP contribution >= 0.6 is 0 Å². The predicted molar refractivity (Wildman–Crippen MR) is 96.4 cm³/mol. The predicted octanol–water partition coefficient (Wildman–Crippen LogP) is 2.74. The molecule has 1 aromatic carbocycles. The molecule has 1 aromatic rings. The summed E-state index contributed by atoms with van der Waals surface area (Å²) in [7, 11) is 3.20. The van der Waals surface area contributed by atoms with Gasteiger partial charge in [0, 0.05) is 6.54 Å². The topological polar surface area (TPSA) is 76.1 Å². The SMILES string of the molecule is C=CC(=O)N1CCc2cc(OC)c(OC)cc2C12CCC(C(=O)O)CC2. The molecule has 0 radical (unpaired) electrons. The number of nitrogens with zero attached hydrogens (tertiary/aromatic N) is 1. The van der Waals surface area contributed by atoms with Crippen LogP contribution in [0, 0.1) is 5.92 Å². The molecule has 1 fully saturated rings. The number of carbonyl (C=O) groups excluding carboxylic acids is 1. The fourth-order valence-corrected chi connectivity index (χ4v) is 4.47. The second kappa shape index (κ2) is 7.02. The molecule has 6 nitrogen and oxygen atoms in total. The van der Waals surface area contributed by atoms with E-state index in [0.717, 1.165) is 17.5 Å². The van der Waals surface area contributed by atoms with Crippen LogP contribution in [0.3, 0.4) is 0 Å². The zero-order chi connectivity index (χ0) is 18.9. The van der Waals surface area contributed by atoms with Crippen molar-refractivity contribution in [2.75, 3.05) is 20.8 Å². The smallest absolute Gasteiger partial charge is 0.306 e. The summed E-state index contributed by atoms with van der Waals surface area (Å²) >= 11 is 0. The van der Waals surface area contributed by atoms with Gasteiger partial charge in [-0.3, -0.25) is 9.59 Å². The van der Waals surface area contributed by atoms with E-state index in [4.69, 9.17) is 9.47 Å². The maximum atomic E-state index is 12.6. The van der Waals surface area contributed by atoms with Gasteiger partial charge in [-0.2, -0.15) is 0 Å². The number of aliphatic carboxylic acids is 1. The summed E-state index contributed by atoms with van der Waals surface area (Å²) in [6.07, 6.45) is 4.39. The van der Waals surface area contributed by atoms with Crippen LogP contribution < -0.4 is 9.47 Å². The summed E-state index contributed by atoms with van der Waals surface area (Å²) in [6.45, 7) is 4.23. The maximum Gasteiger partial charge on any atom is 0.306 e. The van der Waals surface area contributed by atoms with Crippen molar-refractivity contribution in [3.05, 3.63) is 35.9 Å². The fraction of sp³-hybridized carbons (Fsp3) is 0.500. The number of rotatable bonds is 4. The second-order valence-corrected chi connectivity index (χ2v) is 6.95. The van der Waals surface area contributed by atoms with Gasteiger partial charge in [-0.05, 0) is 61.4 Å². The standard InChI is InChI=1S/C20H25NO5/c1-4-18(22)21-10-7-14-11-16(25-2)17(26-3)12-15(14)20(21)8-5-13(6-9-20)19(23)24/h4,11-13H,1,5-10H2,2-3H3,(H,23,24). The first kappa shape index (κ1) is 18.3. The van der Waals surface area contributed by atoms with Crippen molar-refractivity contribution in [3.8, 4) is 11.5 Å².